The Hall–Kier alpha value is -2.82. The standard InChI is InChI=1S/C21H24N2O3/c1-26-19-11-4-15(5-12-19)6-13-20(24)22-14-16-2-9-18(10-3-16)23-21(25)17-7-8-17/h2-5,9-12,17H,6-8,13-14H2,1H3,(H,22,24)(H,23,25). The van der Waals surface area contributed by atoms with Gasteiger partial charge in [0.1, 0.15) is 5.75 Å². The number of ether oxygens (including phenoxy) is 1. The maximum atomic E-state index is 12.0. The first-order valence-corrected chi connectivity index (χ1v) is 8.93. The molecule has 0 unspecified atom stereocenters. The Morgan fingerprint density at radius 2 is 1.65 bits per heavy atom. The summed E-state index contributed by atoms with van der Waals surface area (Å²) < 4.78 is 5.12. The number of hydrogen-bond acceptors (Lipinski definition) is 3. The molecule has 0 aliphatic heterocycles. The zero-order valence-corrected chi connectivity index (χ0v) is 15.0. The van der Waals surface area contributed by atoms with Crippen LogP contribution in [-0.2, 0) is 22.6 Å². The minimum absolute atomic E-state index is 0.0203. The Bertz CT molecular complexity index is 750. The Morgan fingerprint density at radius 3 is 2.27 bits per heavy atom. The number of benzene rings is 2. The summed E-state index contributed by atoms with van der Waals surface area (Å²) in [6.45, 7) is 0.484. The van der Waals surface area contributed by atoms with Gasteiger partial charge in [0.15, 0.2) is 0 Å². The van der Waals surface area contributed by atoms with Gasteiger partial charge in [-0.15, -0.1) is 0 Å². The van der Waals surface area contributed by atoms with Gasteiger partial charge in [0.05, 0.1) is 7.11 Å². The lowest BCUT2D eigenvalue weighted by molar-refractivity contribution is -0.121. The summed E-state index contributed by atoms with van der Waals surface area (Å²) in [5.41, 5.74) is 2.92. The molecule has 0 radical (unpaired) electrons. The van der Waals surface area contributed by atoms with E-state index in [0.29, 0.717) is 19.4 Å². The van der Waals surface area contributed by atoms with E-state index in [1.54, 1.807) is 7.11 Å². The molecule has 0 atom stereocenters. The molecule has 5 heteroatoms. The molecular formula is C21H24N2O3. The minimum atomic E-state index is 0.0203. The van der Waals surface area contributed by atoms with E-state index in [1.165, 1.54) is 0 Å². The van der Waals surface area contributed by atoms with Crippen molar-refractivity contribution in [3.05, 3.63) is 59.7 Å². The first-order valence-electron chi connectivity index (χ1n) is 8.93. The molecule has 0 saturated heterocycles. The molecule has 1 aliphatic rings. The van der Waals surface area contributed by atoms with Gasteiger partial charge in [0.2, 0.25) is 11.8 Å². The molecule has 136 valence electrons. The van der Waals surface area contributed by atoms with E-state index in [4.69, 9.17) is 4.74 Å². The summed E-state index contributed by atoms with van der Waals surface area (Å²) in [6, 6.07) is 15.3. The number of carbonyl (C=O) groups is 2. The van der Waals surface area contributed by atoms with Crippen LogP contribution in [0.2, 0.25) is 0 Å². The van der Waals surface area contributed by atoms with Crippen molar-refractivity contribution in [1.82, 2.24) is 5.32 Å². The summed E-state index contributed by atoms with van der Waals surface area (Å²) in [5, 5.41) is 5.84. The van der Waals surface area contributed by atoms with Gasteiger partial charge in [-0.1, -0.05) is 24.3 Å². The average molecular weight is 352 g/mol. The van der Waals surface area contributed by atoms with E-state index in [2.05, 4.69) is 10.6 Å². The number of nitrogens with one attached hydrogen (secondary N) is 2. The summed E-state index contributed by atoms with van der Waals surface area (Å²) in [6.07, 6.45) is 3.13. The van der Waals surface area contributed by atoms with E-state index < -0.39 is 0 Å². The molecule has 1 saturated carbocycles. The SMILES string of the molecule is COc1ccc(CCC(=O)NCc2ccc(NC(=O)C3CC3)cc2)cc1. The summed E-state index contributed by atoms with van der Waals surface area (Å²) in [7, 11) is 1.63. The fraction of sp³-hybridized carbons (Fsp3) is 0.333. The van der Waals surface area contributed by atoms with E-state index in [-0.39, 0.29) is 17.7 Å². The van der Waals surface area contributed by atoms with Gasteiger partial charge in [-0.05, 0) is 54.7 Å². The van der Waals surface area contributed by atoms with Crippen LogP contribution in [0.25, 0.3) is 0 Å². The molecule has 1 fully saturated rings. The number of rotatable bonds is 8. The van der Waals surface area contributed by atoms with Gasteiger partial charge in [-0.3, -0.25) is 9.59 Å². The molecule has 2 N–H and O–H groups in total. The normalized spacial score (nSPS) is 13.1. The van der Waals surface area contributed by atoms with E-state index >= 15 is 0 Å². The van der Waals surface area contributed by atoms with Crippen LogP contribution >= 0.6 is 0 Å². The van der Waals surface area contributed by atoms with Crippen LogP contribution in [0.3, 0.4) is 0 Å². The van der Waals surface area contributed by atoms with Gasteiger partial charge >= 0.3 is 0 Å². The quantitative estimate of drug-likeness (QED) is 0.766. The van der Waals surface area contributed by atoms with E-state index in [1.807, 2.05) is 48.5 Å². The molecule has 2 aromatic rings. The zero-order valence-electron chi connectivity index (χ0n) is 15.0. The van der Waals surface area contributed by atoms with Crippen LogP contribution in [0.5, 0.6) is 5.75 Å². The molecule has 1 aliphatic carbocycles. The van der Waals surface area contributed by atoms with Crippen molar-refractivity contribution in [2.24, 2.45) is 5.92 Å². The van der Waals surface area contributed by atoms with Crippen molar-refractivity contribution >= 4 is 17.5 Å². The fourth-order valence-corrected chi connectivity index (χ4v) is 2.63. The van der Waals surface area contributed by atoms with Gasteiger partial charge < -0.3 is 15.4 Å². The number of carbonyl (C=O) groups excluding carboxylic acids is 2. The lowest BCUT2D eigenvalue weighted by atomic mass is 10.1. The first-order chi connectivity index (χ1) is 12.6. The Morgan fingerprint density at radius 1 is 1.00 bits per heavy atom. The predicted molar refractivity (Wildman–Crippen MR) is 101 cm³/mol. The molecule has 3 rings (SSSR count). The van der Waals surface area contributed by atoms with Crippen LogP contribution in [-0.4, -0.2) is 18.9 Å². The van der Waals surface area contributed by atoms with Crippen LogP contribution in [0, 0.1) is 5.92 Å². The maximum absolute atomic E-state index is 12.0. The molecule has 2 amide bonds. The van der Waals surface area contributed by atoms with Crippen molar-refractivity contribution in [1.29, 1.82) is 0 Å². The molecule has 0 spiro atoms. The largest absolute Gasteiger partial charge is 0.497 e. The fourth-order valence-electron chi connectivity index (χ4n) is 2.63. The molecule has 5 nitrogen and oxygen atoms in total. The van der Waals surface area contributed by atoms with Gasteiger partial charge in [-0.2, -0.15) is 0 Å². The highest BCUT2D eigenvalue weighted by Gasteiger charge is 2.29. The van der Waals surface area contributed by atoms with Crippen LogP contribution in [0.4, 0.5) is 5.69 Å². The van der Waals surface area contributed by atoms with Gasteiger partial charge in [-0.25, -0.2) is 0 Å². The maximum Gasteiger partial charge on any atom is 0.227 e. The van der Waals surface area contributed by atoms with Gasteiger partial charge in [0, 0.05) is 24.6 Å². The highest BCUT2D eigenvalue weighted by molar-refractivity contribution is 5.94. The minimum Gasteiger partial charge on any atom is -0.497 e. The van der Waals surface area contributed by atoms with E-state index in [9.17, 15) is 9.59 Å². The monoisotopic (exact) mass is 352 g/mol. The van der Waals surface area contributed by atoms with Crippen molar-refractivity contribution in [2.75, 3.05) is 12.4 Å². The summed E-state index contributed by atoms with van der Waals surface area (Å²) in [4.78, 5) is 23.7. The number of anilines is 1. The highest BCUT2D eigenvalue weighted by Crippen LogP contribution is 2.30. The topological polar surface area (TPSA) is 67.4 Å². The van der Waals surface area contributed by atoms with Crippen molar-refractivity contribution in [2.45, 2.75) is 32.2 Å². The third kappa shape index (κ3) is 5.34. The molecule has 0 bridgehead atoms. The second kappa shape index (κ2) is 8.52. The van der Waals surface area contributed by atoms with Gasteiger partial charge in [0.25, 0.3) is 0 Å². The Kier molecular flexibility index (Phi) is 5.89. The molecule has 2 aromatic carbocycles. The average Bonchev–Trinajstić information content (AvgIpc) is 3.51. The lowest BCUT2D eigenvalue weighted by Gasteiger charge is -2.08. The Balaban J connectivity index is 1.39. The Labute approximate surface area is 153 Å². The van der Waals surface area contributed by atoms with Crippen molar-refractivity contribution in [3.63, 3.8) is 0 Å². The number of aryl methyl sites for hydroxylation is 1. The van der Waals surface area contributed by atoms with Crippen LogP contribution in [0.15, 0.2) is 48.5 Å². The predicted octanol–water partition coefficient (Wildman–Crippen LogP) is 3.29. The van der Waals surface area contributed by atoms with Crippen molar-refractivity contribution < 1.29 is 14.3 Å². The lowest BCUT2D eigenvalue weighted by Crippen LogP contribution is -2.23. The molecular weight excluding hydrogens is 328 g/mol. The highest BCUT2D eigenvalue weighted by atomic mass is 16.5. The molecule has 26 heavy (non-hydrogen) atoms. The molecule has 0 aromatic heterocycles. The molecule has 0 heterocycles. The number of methoxy groups -OCH3 is 1. The summed E-state index contributed by atoms with van der Waals surface area (Å²) in [5.74, 6) is 1.13. The smallest absolute Gasteiger partial charge is 0.227 e. The second-order valence-electron chi connectivity index (χ2n) is 6.59. The number of hydrogen-bond donors (Lipinski definition) is 2. The zero-order chi connectivity index (χ0) is 18.4. The second-order valence-corrected chi connectivity index (χ2v) is 6.59. The third-order valence-corrected chi connectivity index (χ3v) is 4.46. The third-order valence-electron chi connectivity index (χ3n) is 4.46. The number of amides is 2. The first kappa shape index (κ1) is 18.0. The van der Waals surface area contributed by atoms with Crippen molar-refractivity contribution in [3.8, 4) is 5.75 Å². The summed E-state index contributed by atoms with van der Waals surface area (Å²) >= 11 is 0. The van der Waals surface area contributed by atoms with Crippen LogP contribution < -0.4 is 15.4 Å². The van der Waals surface area contributed by atoms with Crippen LogP contribution in [0.1, 0.15) is 30.4 Å². The van der Waals surface area contributed by atoms with E-state index in [0.717, 1.165) is 35.4 Å².